The minimum atomic E-state index is -2.91. The van der Waals surface area contributed by atoms with E-state index in [1.807, 2.05) is 13.8 Å². The smallest absolute Gasteiger partial charge is 0.262 e. The summed E-state index contributed by atoms with van der Waals surface area (Å²) in [7, 11) is 0. The fourth-order valence-corrected chi connectivity index (χ4v) is 2.18. The molecule has 0 bridgehead atoms. The molecule has 0 aliphatic rings. The molecule has 18 heavy (non-hydrogen) atoms. The van der Waals surface area contributed by atoms with Crippen molar-refractivity contribution < 1.29 is 8.78 Å². The predicted molar refractivity (Wildman–Crippen MR) is 74.8 cm³/mol. The van der Waals surface area contributed by atoms with E-state index >= 15 is 0 Å². The van der Waals surface area contributed by atoms with Gasteiger partial charge in [0, 0.05) is 11.3 Å². The van der Waals surface area contributed by atoms with E-state index < -0.39 is 12.5 Å². The van der Waals surface area contributed by atoms with Gasteiger partial charge < -0.3 is 0 Å². The van der Waals surface area contributed by atoms with Crippen LogP contribution in [0.2, 0.25) is 0 Å². The van der Waals surface area contributed by atoms with Crippen LogP contribution in [-0.4, -0.2) is 9.78 Å². The summed E-state index contributed by atoms with van der Waals surface area (Å²) in [5.74, 6) is -2.91. The van der Waals surface area contributed by atoms with Gasteiger partial charge >= 0.3 is 0 Å². The molecule has 0 aliphatic carbocycles. The zero-order valence-corrected chi connectivity index (χ0v) is 12.3. The average Bonchev–Trinajstić information content (AvgIpc) is 2.58. The van der Waals surface area contributed by atoms with Crippen LogP contribution in [0.4, 0.5) is 8.78 Å². The van der Waals surface area contributed by atoms with Gasteiger partial charge in [0.15, 0.2) is 0 Å². The fraction of sp³-hybridized carbons (Fsp3) is 0.308. The Morgan fingerprint density at radius 1 is 1.22 bits per heavy atom. The summed E-state index contributed by atoms with van der Waals surface area (Å²) in [6.07, 6.45) is 0. The summed E-state index contributed by atoms with van der Waals surface area (Å²) in [6.45, 7) is 3.21. The molecule has 1 aromatic carbocycles. The Bertz CT molecular complexity index is 550. The third-order valence-electron chi connectivity index (χ3n) is 2.84. The maximum atomic E-state index is 14.1. The SMILES string of the molecule is Cc1nn(CC(F)(F)c2ccccc2)c(C)c1I. The first-order valence-electron chi connectivity index (χ1n) is 5.54. The molecule has 96 valence electrons. The van der Waals surface area contributed by atoms with Gasteiger partial charge in [-0.05, 0) is 36.4 Å². The van der Waals surface area contributed by atoms with E-state index in [2.05, 4.69) is 27.7 Å². The predicted octanol–water partition coefficient (Wildman–Crippen LogP) is 3.90. The first-order chi connectivity index (χ1) is 8.42. The lowest BCUT2D eigenvalue weighted by molar-refractivity contribution is -0.0260. The molecule has 0 atom stereocenters. The van der Waals surface area contributed by atoms with E-state index in [1.54, 1.807) is 18.2 Å². The summed E-state index contributed by atoms with van der Waals surface area (Å²) in [4.78, 5) is 0. The zero-order valence-electron chi connectivity index (χ0n) is 10.1. The molecule has 0 radical (unpaired) electrons. The molecule has 1 aromatic heterocycles. The summed E-state index contributed by atoms with van der Waals surface area (Å²) in [6, 6.07) is 7.85. The summed E-state index contributed by atoms with van der Waals surface area (Å²) in [5, 5.41) is 4.15. The monoisotopic (exact) mass is 362 g/mol. The summed E-state index contributed by atoms with van der Waals surface area (Å²) < 4.78 is 30.5. The van der Waals surface area contributed by atoms with Crippen LogP contribution in [0.3, 0.4) is 0 Å². The van der Waals surface area contributed by atoms with Crippen LogP contribution in [-0.2, 0) is 12.5 Å². The molecule has 0 spiro atoms. The van der Waals surface area contributed by atoms with Crippen LogP contribution < -0.4 is 0 Å². The van der Waals surface area contributed by atoms with Crippen LogP contribution in [0, 0.1) is 17.4 Å². The second-order valence-electron chi connectivity index (χ2n) is 4.21. The van der Waals surface area contributed by atoms with Crippen molar-refractivity contribution >= 4 is 22.6 Å². The molecule has 2 nitrogen and oxygen atoms in total. The molecule has 2 rings (SSSR count). The van der Waals surface area contributed by atoms with E-state index in [1.165, 1.54) is 16.8 Å². The van der Waals surface area contributed by atoms with E-state index in [9.17, 15) is 8.78 Å². The Morgan fingerprint density at radius 3 is 2.33 bits per heavy atom. The highest BCUT2D eigenvalue weighted by Crippen LogP contribution is 2.30. The summed E-state index contributed by atoms with van der Waals surface area (Å²) >= 11 is 2.13. The largest absolute Gasteiger partial charge is 0.292 e. The Morgan fingerprint density at radius 2 is 1.83 bits per heavy atom. The average molecular weight is 362 g/mol. The van der Waals surface area contributed by atoms with Crippen molar-refractivity contribution in [2.45, 2.75) is 26.3 Å². The van der Waals surface area contributed by atoms with Crippen LogP contribution in [0.25, 0.3) is 0 Å². The molecule has 0 fully saturated rings. The van der Waals surface area contributed by atoms with Crippen molar-refractivity contribution in [1.82, 2.24) is 9.78 Å². The Balaban J connectivity index is 2.30. The minimum absolute atomic E-state index is 0.0209. The maximum absolute atomic E-state index is 14.1. The highest BCUT2D eigenvalue weighted by Gasteiger charge is 2.33. The topological polar surface area (TPSA) is 17.8 Å². The zero-order chi connectivity index (χ0) is 13.3. The number of nitrogens with zero attached hydrogens (tertiary/aromatic N) is 2. The van der Waals surface area contributed by atoms with E-state index in [0.717, 1.165) is 15.0 Å². The van der Waals surface area contributed by atoms with Crippen molar-refractivity contribution in [1.29, 1.82) is 0 Å². The van der Waals surface area contributed by atoms with Crippen LogP contribution in [0.15, 0.2) is 30.3 Å². The molecule has 2 aromatic rings. The van der Waals surface area contributed by atoms with Crippen molar-refractivity contribution in [3.05, 3.63) is 50.9 Å². The molecular formula is C13H13F2IN2. The molecule has 0 unspecified atom stereocenters. The van der Waals surface area contributed by atoms with Gasteiger partial charge in [0.1, 0.15) is 6.54 Å². The molecule has 0 saturated heterocycles. The van der Waals surface area contributed by atoms with Crippen molar-refractivity contribution in [2.75, 3.05) is 0 Å². The standard InChI is InChI=1S/C13H13F2IN2/c1-9-12(16)10(2)18(17-9)8-13(14,15)11-6-4-3-5-7-11/h3-7H,8H2,1-2H3. The maximum Gasteiger partial charge on any atom is 0.292 e. The molecular weight excluding hydrogens is 349 g/mol. The van der Waals surface area contributed by atoms with Crippen molar-refractivity contribution in [3.8, 4) is 0 Å². The lowest BCUT2D eigenvalue weighted by atomic mass is 10.1. The Hall–Kier alpha value is -0.980. The van der Waals surface area contributed by atoms with Crippen molar-refractivity contribution in [2.24, 2.45) is 0 Å². The van der Waals surface area contributed by atoms with Gasteiger partial charge in [-0.3, -0.25) is 4.68 Å². The van der Waals surface area contributed by atoms with Crippen LogP contribution in [0.1, 0.15) is 17.0 Å². The quantitative estimate of drug-likeness (QED) is 0.758. The number of alkyl halides is 2. The van der Waals surface area contributed by atoms with Gasteiger partial charge in [-0.15, -0.1) is 0 Å². The number of hydrogen-bond donors (Lipinski definition) is 0. The van der Waals surface area contributed by atoms with E-state index in [4.69, 9.17) is 0 Å². The fourth-order valence-electron chi connectivity index (χ4n) is 1.79. The normalized spacial score (nSPS) is 11.8. The first-order valence-corrected chi connectivity index (χ1v) is 6.62. The van der Waals surface area contributed by atoms with Gasteiger partial charge in [-0.25, -0.2) is 0 Å². The number of rotatable bonds is 3. The highest BCUT2D eigenvalue weighted by atomic mass is 127. The van der Waals surface area contributed by atoms with Crippen LogP contribution in [0.5, 0.6) is 0 Å². The molecule has 0 aliphatic heterocycles. The molecule has 0 N–H and O–H groups in total. The van der Waals surface area contributed by atoms with Gasteiger partial charge in [-0.2, -0.15) is 13.9 Å². The molecule has 0 saturated carbocycles. The Kier molecular flexibility index (Phi) is 3.70. The summed E-state index contributed by atoms with van der Waals surface area (Å²) in [5.41, 5.74) is 1.59. The second-order valence-corrected chi connectivity index (χ2v) is 5.29. The third kappa shape index (κ3) is 2.55. The van der Waals surface area contributed by atoms with Crippen LogP contribution >= 0.6 is 22.6 Å². The lowest BCUT2D eigenvalue weighted by Gasteiger charge is -2.17. The minimum Gasteiger partial charge on any atom is -0.262 e. The highest BCUT2D eigenvalue weighted by molar-refractivity contribution is 14.1. The van der Waals surface area contributed by atoms with Gasteiger partial charge in [0.25, 0.3) is 5.92 Å². The first kappa shape index (κ1) is 13.5. The molecule has 0 amide bonds. The Labute approximate surface area is 118 Å². The van der Waals surface area contributed by atoms with Crippen molar-refractivity contribution in [3.63, 3.8) is 0 Å². The number of aryl methyl sites for hydroxylation is 1. The number of benzene rings is 1. The second kappa shape index (κ2) is 4.95. The molecule has 1 heterocycles. The van der Waals surface area contributed by atoms with Gasteiger partial charge in [0.2, 0.25) is 0 Å². The number of halogens is 3. The number of aromatic nitrogens is 2. The lowest BCUT2D eigenvalue weighted by Crippen LogP contribution is -2.23. The van der Waals surface area contributed by atoms with Gasteiger partial charge in [-0.1, -0.05) is 30.3 Å². The van der Waals surface area contributed by atoms with E-state index in [-0.39, 0.29) is 5.56 Å². The van der Waals surface area contributed by atoms with Gasteiger partial charge in [0.05, 0.1) is 9.26 Å². The number of hydrogen-bond acceptors (Lipinski definition) is 1. The third-order valence-corrected chi connectivity index (χ3v) is 4.40. The van der Waals surface area contributed by atoms with E-state index in [0.29, 0.717) is 0 Å². The molecule has 5 heteroatoms.